The molecule has 0 aliphatic heterocycles. The fourth-order valence-electron chi connectivity index (χ4n) is 3.81. The highest BCUT2D eigenvalue weighted by molar-refractivity contribution is 5.94. The zero-order chi connectivity index (χ0) is 20.4. The summed E-state index contributed by atoms with van der Waals surface area (Å²) in [6.07, 6.45) is 3.34. The fourth-order valence-corrected chi connectivity index (χ4v) is 3.81. The van der Waals surface area contributed by atoms with Gasteiger partial charge in [0.05, 0.1) is 17.7 Å². The third kappa shape index (κ3) is 3.93. The Morgan fingerprint density at radius 1 is 1.28 bits per heavy atom. The predicted octanol–water partition coefficient (Wildman–Crippen LogP) is 1.84. The number of carbonyl (C=O) groups excluding carboxylic acids is 1. The van der Waals surface area contributed by atoms with E-state index in [4.69, 9.17) is 4.74 Å². The molecule has 1 aromatic carbocycles. The Bertz CT molecular complexity index is 1080. The second-order valence-electron chi connectivity index (χ2n) is 7.41. The summed E-state index contributed by atoms with van der Waals surface area (Å²) >= 11 is 0. The molecule has 2 heterocycles. The lowest BCUT2D eigenvalue weighted by atomic mass is 9.75. The quantitative estimate of drug-likeness (QED) is 0.617. The van der Waals surface area contributed by atoms with Gasteiger partial charge in [0.15, 0.2) is 0 Å². The monoisotopic (exact) mass is 395 g/mol. The molecule has 1 amide bonds. The zero-order valence-electron chi connectivity index (χ0n) is 16.7. The van der Waals surface area contributed by atoms with Gasteiger partial charge in [0, 0.05) is 38.5 Å². The van der Waals surface area contributed by atoms with Gasteiger partial charge in [-0.3, -0.25) is 9.59 Å². The molecule has 1 N–H and O–H groups in total. The summed E-state index contributed by atoms with van der Waals surface area (Å²) in [5.41, 5.74) is 3.49. The van der Waals surface area contributed by atoms with Crippen LogP contribution in [0.25, 0.3) is 11.0 Å². The number of aromatic nitrogens is 4. The first-order valence-corrected chi connectivity index (χ1v) is 9.94. The van der Waals surface area contributed by atoms with Crippen molar-refractivity contribution in [2.45, 2.75) is 38.3 Å². The molecule has 2 aromatic heterocycles. The second-order valence-corrected chi connectivity index (χ2v) is 7.41. The van der Waals surface area contributed by atoms with Crippen molar-refractivity contribution < 1.29 is 9.53 Å². The van der Waals surface area contributed by atoms with E-state index in [1.54, 1.807) is 16.9 Å². The number of hydrogen-bond acceptors (Lipinski definition) is 5. The number of ether oxygens (including phenoxy) is 1. The number of nitrogens with zero attached hydrogens (tertiary/aromatic N) is 4. The molecule has 8 nitrogen and oxygen atoms in total. The number of carbonyl (C=O) groups is 1. The van der Waals surface area contributed by atoms with Gasteiger partial charge in [-0.25, -0.2) is 4.68 Å². The van der Waals surface area contributed by atoms with Crippen LogP contribution in [0.2, 0.25) is 0 Å². The maximum absolute atomic E-state index is 12.6. The first-order valence-electron chi connectivity index (χ1n) is 9.94. The molecule has 29 heavy (non-hydrogen) atoms. The van der Waals surface area contributed by atoms with Crippen LogP contribution in [0.5, 0.6) is 0 Å². The van der Waals surface area contributed by atoms with Gasteiger partial charge in [0.25, 0.3) is 11.5 Å². The molecule has 152 valence electrons. The summed E-state index contributed by atoms with van der Waals surface area (Å²) in [6.45, 7) is 3.38. The number of amides is 1. The van der Waals surface area contributed by atoms with Gasteiger partial charge in [-0.2, -0.15) is 0 Å². The van der Waals surface area contributed by atoms with Gasteiger partial charge in [-0.15, -0.1) is 5.10 Å². The molecule has 0 radical (unpaired) electrons. The standard InChI is InChI=1S/C21H25N5O3/c1-3-29-10-9-26-13-14(7-8-19(26)27)21(28)22-16-11-15(12-16)17-5-4-6-18-20(17)23-24-25(18)2/h4-8,13,15-16H,3,9-12H2,1-2H3,(H,22,28). The normalized spacial score (nSPS) is 18.6. The van der Waals surface area contributed by atoms with Gasteiger partial charge < -0.3 is 14.6 Å². The second kappa shape index (κ2) is 8.16. The Labute approximate surface area is 168 Å². The number of aryl methyl sites for hydroxylation is 1. The van der Waals surface area contributed by atoms with Crippen molar-refractivity contribution in [2.75, 3.05) is 13.2 Å². The highest BCUT2D eigenvalue weighted by atomic mass is 16.5. The van der Waals surface area contributed by atoms with Crippen molar-refractivity contribution in [3.05, 3.63) is 58.0 Å². The molecule has 0 saturated heterocycles. The molecule has 0 atom stereocenters. The number of rotatable bonds is 7. The van der Waals surface area contributed by atoms with E-state index in [9.17, 15) is 9.59 Å². The third-order valence-electron chi connectivity index (χ3n) is 5.51. The van der Waals surface area contributed by atoms with E-state index in [0.29, 0.717) is 31.2 Å². The van der Waals surface area contributed by atoms with Crippen LogP contribution in [0.15, 0.2) is 41.3 Å². The number of benzene rings is 1. The minimum absolute atomic E-state index is 0.114. The van der Waals surface area contributed by atoms with Crippen LogP contribution in [-0.2, 0) is 18.3 Å². The lowest BCUT2D eigenvalue weighted by molar-refractivity contribution is 0.0907. The van der Waals surface area contributed by atoms with Gasteiger partial charge >= 0.3 is 0 Å². The summed E-state index contributed by atoms with van der Waals surface area (Å²) < 4.78 is 8.59. The Morgan fingerprint density at radius 3 is 2.90 bits per heavy atom. The lowest BCUT2D eigenvalue weighted by Crippen LogP contribution is -2.43. The molecule has 3 aromatic rings. The average Bonchev–Trinajstić information content (AvgIpc) is 3.07. The summed E-state index contributed by atoms with van der Waals surface area (Å²) in [5, 5.41) is 11.5. The Balaban J connectivity index is 1.38. The van der Waals surface area contributed by atoms with Crippen LogP contribution in [-0.4, -0.2) is 44.7 Å². The number of nitrogens with one attached hydrogen (secondary N) is 1. The van der Waals surface area contributed by atoms with E-state index in [2.05, 4.69) is 21.7 Å². The van der Waals surface area contributed by atoms with Crippen molar-refractivity contribution in [1.29, 1.82) is 0 Å². The van der Waals surface area contributed by atoms with E-state index in [-0.39, 0.29) is 17.5 Å². The molecule has 1 aliphatic carbocycles. The van der Waals surface area contributed by atoms with Crippen LogP contribution in [0, 0.1) is 0 Å². The molecule has 1 aliphatic rings. The smallest absolute Gasteiger partial charge is 0.252 e. The third-order valence-corrected chi connectivity index (χ3v) is 5.51. The van der Waals surface area contributed by atoms with Crippen molar-refractivity contribution in [2.24, 2.45) is 7.05 Å². The van der Waals surface area contributed by atoms with E-state index in [1.807, 2.05) is 26.1 Å². The Kier molecular flexibility index (Phi) is 5.44. The molecular weight excluding hydrogens is 370 g/mol. The van der Waals surface area contributed by atoms with Gasteiger partial charge in [0.1, 0.15) is 5.52 Å². The number of pyridine rings is 1. The minimum atomic E-state index is -0.156. The van der Waals surface area contributed by atoms with E-state index < -0.39 is 0 Å². The first-order chi connectivity index (χ1) is 14.1. The Morgan fingerprint density at radius 2 is 2.10 bits per heavy atom. The fraction of sp³-hybridized carbons (Fsp3) is 0.429. The van der Waals surface area contributed by atoms with Crippen molar-refractivity contribution in [1.82, 2.24) is 24.9 Å². The average molecular weight is 395 g/mol. The van der Waals surface area contributed by atoms with Gasteiger partial charge in [-0.1, -0.05) is 17.3 Å². The largest absolute Gasteiger partial charge is 0.380 e. The number of fused-ring (bicyclic) bond motifs is 1. The van der Waals surface area contributed by atoms with Crippen molar-refractivity contribution >= 4 is 16.9 Å². The van der Waals surface area contributed by atoms with Crippen LogP contribution < -0.4 is 10.9 Å². The molecule has 1 fully saturated rings. The van der Waals surface area contributed by atoms with Gasteiger partial charge in [0.2, 0.25) is 0 Å². The Hall–Kier alpha value is -3.00. The van der Waals surface area contributed by atoms with Crippen molar-refractivity contribution in [3.8, 4) is 0 Å². The van der Waals surface area contributed by atoms with Crippen LogP contribution in [0.3, 0.4) is 0 Å². The minimum Gasteiger partial charge on any atom is -0.380 e. The summed E-state index contributed by atoms with van der Waals surface area (Å²) in [4.78, 5) is 24.6. The van der Waals surface area contributed by atoms with E-state index >= 15 is 0 Å². The molecule has 0 bridgehead atoms. The van der Waals surface area contributed by atoms with E-state index in [0.717, 1.165) is 23.9 Å². The molecule has 1 saturated carbocycles. The molecular formula is C21H25N5O3. The maximum atomic E-state index is 12.6. The summed E-state index contributed by atoms with van der Waals surface area (Å²) in [5.74, 6) is 0.206. The van der Waals surface area contributed by atoms with Crippen molar-refractivity contribution in [3.63, 3.8) is 0 Å². The summed E-state index contributed by atoms with van der Waals surface area (Å²) in [7, 11) is 1.89. The van der Waals surface area contributed by atoms with Crippen LogP contribution in [0.4, 0.5) is 0 Å². The van der Waals surface area contributed by atoms with E-state index in [1.165, 1.54) is 16.2 Å². The highest BCUT2D eigenvalue weighted by Gasteiger charge is 2.33. The molecule has 8 heteroatoms. The molecule has 0 unspecified atom stereocenters. The first kappa shape index (κ1) is 19.3. The SMILES string of the molecule is CCOCCn1cc(C(=O)NC2CC(c3cccc4c3nnn4C)C2)ccc1=O. The predicted molar refractivity (Wildman–Crippen MR) is 109 cm³/mol. The van der Waals surface area contributed by atoms with Crippen LogP contribution in [0.1, 0.15) is 41.6 Å². The lowest BCUT2D eigenvalue weighted by Gasteiger charge is -2.36. The zero-order valence-corrected chi connectivity index (χ0v) is 16.7. The highest BCUT2D eigenvalue weighted by Crippen LogP contribution is 2.39. The molecule has 4 rings (SSSR count). The van der Waals surface area contributed by atoms with Gasteiger partial charge in [-0.05, 0) is 43.4 Å². The molecule has 0 spiro atoms. The number of hydrogen-bond donors (Lipinski definition) is 1. The maximum Gasteiger partial charge on any atom is 0.252 e. The van der Waals surface area contributed by atoms with Crippen LogP contribution >= 0.6 is 0 Å². The topological polar surface area (TPSA) is 91.0 Å². The summed E-state index contributed by atoms with van der Waals surface area (Å²) in [6, 6.07) is 9.25.